The van der Waals surface area contributed by atoms with Gasteiger partial charge in [-0.15, -0.1) is 0 Å². The minimum absolute atomic E-state index is 0.0224. The predicted octanol–water partition coefficient (Wildman–Crippen LogP) is 3.87. The topological polar surface area (TPSA) is 20.2 Å². The predicted molar refractivity (Wildman–Crippen MR) is 66.7 cm³/mol. The van der Waals surface area contributed by atoms with Crippen LogP contribution >= 0.6 is 11.6 Å². The van der Waals surface area contributed by atoms with Gasteiger partial charge in [0.15, 0.2) is 0 Å². The second-order valence-corrected chi connectivity index (χ2v) is 4.40. The number of hydrogen-bond acceptors (Lipinski definition) is 1. The molecule has 17 heavy (non-hydrogen) atoms. The minimum Gasteiger partial charge on any atom is -0.384 e. The zero-order chi connectivity index (χ0) is 12.4. The second kappa shape index (κ2) is 4.86. The third kappa shape index (κ3) is 2.65. The molecule has 0 aromatic heterocycles. The van der Waals surface area contributed by atoms with Gasteiger partial charge in [0.1, 0.15) is 11.9 Å². The third-order valence-electron chi connectivity index (χ3n) is 2.62. The molecule has 0 aliphatic carbocycles. The lowest BCUT2D eigenvalue weighted by atomic mass is 10.00. The molecule has 0 aliphatic rings. The van der Waals surface area contributed by atoms with Gasteiger partial charge >= 0.3 is 0 Å². The van der Waals surface area contributed by atoms with Crippen molar-refractivity contribution < 1.29 is 9.50 Å². The van der Waals surface area contributed by atoms with Crippen LogP contribution in [0.15, 0.2) is 42.5 Å². The van der Waals surface area contributed by atoms with Crippen molar-refractivity contribution in [2.24, 2.45) is 0 Å². The van der Waals surface area contributed by atoms with E-state index in [4.69, 9.17) is 11.6 Å². The van der Waals surface area contributed by atoms with Crippen LogP contribution < -0.4 is 0 Å². The lowest BCUT2D eigenvalue weighted by Gasteiger charge is -2.12. The number of benzene rings is 2. The van der Waals surface area contributed by atoms with E-state index < -0.39 is 11.9 Å². The highest BCUT2D eigenvalue weighted by molar-refractivity contribution is 6.30. The minimum atomic E-state index is -0.784. The van der Waals surface area contributed by atoms with Crippen LogP contribution in [0.4, 0.5) is 4.39 Å². The molecule has 0 saturated heterocycles. The summed E-state index contributed by atoms with van der Waals surface area (Å²) < 4.78 is 13.0. The van der Waals surface area contributed by atoms with Crippen LogP contribution in [0.1, 0.15) is 22.8 Å². The van der Waals surface area contributed by atoms with E-state index in [0.717, 1.165) is 11.1 Å². The maximum atomic E-state index is 13.0. The Hall–Kier alpha value is -1.38. The maximum Gasteiger partial charge on any atom is 0.141 e. The van der Waals surface area contributed by atoms with Gasteiger partial charge in [-0.05, 0) is 30.2 Å². The lowest BCUT2D eigenvalue weighted by molar-refractivity contribution is 0.220. The quantitative estimate of drug-likeness (QED) is 0.858. The van der Waals surface area contributed by atoms with Crippen molar-refractivity contribution in [3.8, 4) is 0 Å². The molecule has 1 unspecified atom stereocenters. The Morgan fingerprint density at radius 1 is 1.12 bits per heavy atom. The van der Waals surface area contributed by atoms with Crippen LogP contribution in [0.5, 0.6) is 0 Å². The normalized spacial score (nSPS) is 12.5. The first-order chi connectivity index (χ1) is 8.08. The highest BCUT2D eigenvalue weighted by Crippen LogP contribution is 2.26. The van der Waals surface area contributed by atoms with E-state index in [0.29, 0.717) is 5.56 Å². The first-order valence-electron chi connectivity index (χ1n) is 5.27. The molecular formula is C14H12ClFO. The van der Waals surface area contributed by atoms with Crippen molar-refractivity contribution in [2.45, 2.75) is 13.0 Å². The number of aliphatic hydroxyl groups is 1. The fourth-order valence-electron chi connectivity index (χ4n) is 1.72. The monoisotopic (exact) mass is 250 g/mol. The van der Waals surface area contributed by atoms with Gasteiger partial charge in [-0.3, -0.25) is 0 Å². The summed E-state index contributed by atoms with van der Waals surface area (Å²) >= 11 is 5.69. The summed E-state index contributed by atoms with van der Waals surface area (Å²) in [6.45, 7) is 1.95. The van der Waals surface area contributed by atoms with Crippen molar-refractivity contribution in [3.63, 3.8) is 0 Å². The summed E-state index contributed by atoms with van der Waals surface area (Å²) in [6.07, 6.45) is -0.784. The number of rotatable bonds is 2. The van der Waals surface area contributed by atoms with Crippen molar-refractivity contribution in [1.82, 2.24) is 0 Å². The van der Waals surface area contributed by atoms with Crippen molar-refractivity contribution in [1.29, 1.82) is 0 Å². The van der Waals surface area contributed by atoms with Gasteiger partial charge < -0.3 is 5.11 Å². The lowest BCUT2D eigenvalue weighted by Crippen LogP contribution is -2.00. The molecule has 0 radical (unpaired) electrons. The molecule has 1 nitrogen and oxygen atoms in total. The van der Waals surface area contributed by atoms with Crippen LogP contribution in [0.3, 0.4) is 0 Å². The molecule has 88 valence electrons. The molecule has 0 heterocycles. The van der Waals surface area contributed by atoms with Crippen LogP contribution in [0, 0.1) is 12.7 Å². The van der Waals surface area contributed by atoms with Crippen molar-refractivity contribution >= 4 is 11.6 Å². The van der Waals surface area contributed by atoms with E-state index in [2.05, 4.69) is 0 Å². The molecule has 2 aromatic carbocycles. The Balaban J connectivity index is 2.36. The molecule has 1 atom stereocenters. The second-order valence-electron chi connectivity index (χ2n) is 3.99. The molecule has 0 aliphatic heterocycles. The maximum absolute atomic E-state index is 13.0. The fourth-order valence-corrected chi connectivity index (χ4v) is 1.90. The van der Waals surface area contributed by atoms with Crippen LogP contribution in [0.2, 0.25) is 5.02 Å². The Bertz CT molecular complexity index is 539. The molecule has 0 bridgehead atoms. The van der Waals surface area contributed by atoms with Crippen molar-refractivity contribution in [3.05, 3.63) is 70.0 Å². The van der Waals surface area contributed by atoms with Gasteiger partial charge in [-0.1, -0.05) is 47.5 Å². The van der Waals surface area contributed by atoms with E-state index >= 15 is 0 Å². The van der Waals surface area contributed by atoms with E-state index in [1.54, 1.807) is 0 Å². The number of hydrogen-bond donors (Lipinski definition) is 1. The van der Waals surface area contributed by atoms with E-state index in [1.165, 1.54) is 18.2 Å². The van der Waals surface area contributed by atoms with E-state index in [-0.39, 0.29) is 5.02 Å². The van der Waals surface area contributed by atoms with Gasteiger partial charge in [0.25, 0.3) is 0 Å². The van der Waals surface area contributed by atoms with Crippen LogP contribution in [0.25, 0.3) is 0 Å². The highest BCUT2D eigenvalue weighted by atomic mass is 35.5. The fraction of sp³-hybridized carbons (Fsp3) is 0.143. The average molecular weight is 251 g/mol. The van der Waals surface area contributed by atoms with Gasteiger partial charge in [-0.2, -0.15) is 0 Å². The Morgan fingerprint density at radius 2 is 1.82 bits per heavy atom. The zero-order valence-corrected chi connectivity index (χ0v) is 10.1. The molecule has 0 fully saturated rings. The number of aryl methyl sites for hydroxylation is 1. The summed E-state index contributed by atoms with van der Waals surface area (Å²) in [4.78, 5) is 0. The molecule has 2 aromatic rings. The summed E-state index contributed by atoms with van der Waals surface area (Å²) in [7, 11) is 0. The molecule has 2 rings (SSSR count). The standard InChI is InChI=1S/C14H12ClFO/c1-9-3-2-4-10(7-9)14(17)11-5-6-13(16)12(15)8-11/h2-8,14,17H,1H3. The summed E-state index contributed by atoms with van der Waals surface area (Å²) in [5.41, 5.74) is 2.42. The molecule has 1 N–H and O–H groups in total. The molecule has 3 heteroatoms. The zero-order valence-electron chi connectivity index (χ0n) is 9.32. The van der Waals surface area contributed by atoms with Gasteiger partial charge in [0.2, 0.25) is 0 Å². The summed E-state index contributed by atoms with van der Waals surface area (Å²) in [5, 5.41) is 10.2. The smallest absolute Gasteiger partial charge is 0.141 e. The van der Waals surface area contributed by atoms with Crippen LogP contribution in [-0.4, -0.2) is 5.11 Å². The number of aliphatic hydroxyl groups excluding tert-OH is 1. The largest absolute Gasteiger partial charge is 0.384 e. The van der Waals surface area contributed by atoms with Gasteiger partial charge in [0.05, 0.1) is 5.02 Å². The SMILES string of the molecule is Cc1cccc(C(O)c2ccc(F)c(Cl)c2)c1. The van der Waals surface area contributed by atoms with E-state index in [1.807, 2.05) is 31.2 Å². The molecule has 0 saturated carbocycles. The van der Waals surface area contributed by atoms with Gasteiger partial charge in [-0.25, -0.2) is 4.39 Å². The van der Waals surface area contributed by atoms with E-state index in [9.17, 15) is 9.50 Å². The van der Waals surface area contributed by atoms with Crippen LogP contribution in [-0.2, 0) is 0 Å². The molecule has 0 spiro atoms. The Kier molecular flexibility index (Phi) is 3.46. The summed E-state index contributed by atoms with van der Waals surface area (Å²) in [5.74, 6) is -0.480. The molecule has 0 amide bonds. The molecular weight excluding hydrogens is 239 g/mol. The number of halogens is 2. The Labute approximate surface area is 104 Å². The average Bonchev–Trinajstić information content (AvgIpc) is 2.32. The first kappa shape index (κ1) is 12.1. The third-order valence-corrected chi connectivity index (χ3v) is 2.91. The first-order valence-corrected chi connectivity index (χ1v) is 5.65. The highest BCUT2D eigenvalue weighted by Gasteiger charge is 2.12. The summed E-state index contributed by atoms with van der Waals surface area (Å²) in [6, 6.07) is 11.8. The Morgan fingerprint density at radius 3 is 2.47 bits per heavy atom. The van der Waals surface area contributed by atoms with Crippen molar-refractivity contribution in [2.75, 3.05) is 0 Å². The van der Waals surface area contributed by atoms with Gasteiger partial charge in [0, 0.05) is 0 Å².